The van der Waals surface area contributed by atoms with E-state index in [1.807, 2.05) is 42.6 Å². The molecular weight excluding hydrogens is 446 g/mol. The van der Waals surface area contributed by atoms with Crippen molar-refractivity contribution in [1.29, 1.82) is 5.26 Å². The Kier molecular flexibility index (Phi) is 5.18. The molecule has 0 spiro atoms. The highest BCUT2D eigenvalue weighted by Gasteiger charge is 2.12. The van der Waals surface area contributed by atoms with E-state index in [0.29, 0.717) is 39.0 Å². The van der Waals surface area contributed by atoms with Crippen LogP contribution in [0.3, 0.4) is 0 Å². The second kappa shape index (κ2) is 8.16. The molecule has 156 valence electrons. The second-order valence-electron chi connectivity index (χ2n) is 7.39. The highest BCUT2D eigenvalue weighted by atomic mass is 35.5. The number of benzene rings is 3. The molecule has 0 bridgehead atoms. The molecule has 5 aromatic rings. The maximum Gasteiger partial charge on any atom is 0.149 e. The van der Waals surface area contributed by atoms with Crippen LogP contribution in [0.2, 0.25) is 10.0 Å². The number of allylic oxidation sites excluding steroid dienone is 1. The lowest BCUT2D eigenvalue weighted by atomic mass is 10.1. The van der Waals surface area contributed by atoms with Crippen LogP contribution in [0.4, 0.5) is 4.39 Å². The number of H-pyrrole nitrogens is 1. The summed E-state index contributed by atoms with van der Waals surface area (Å²) < 4.78 is 15.6. The van der Waals surface area contributed by atoms with Crippen molar-refractivity contribution in [3.05, 3.63) is 99.7 Å². The number of para-hydroxylation sites is 1. The van der Waals surface area contributed by atoms with Gasteiger partial charge in [0.25, 0.3) is 0 Å². The van der Waals surface area contributed by atoms with Gasteiger partial charge in [0.1, 0.15) is 17.7 Å². The van der Waals surface area contributed by atoms with Crippen LogP contribution in [-0.4, -0.2) is 14.5 Å². The maximum absolute atomic E-state index is 13.5. The Balaban J connectivity index is 1.59. The molecule has 0 radical (unpaired) electrons. The number of halogens is 3. The van der Waals surface area contributed by atoms with Gasteiger partial charge in [-0.1, -0.05) is 47.5 Å². The second-order valence-corrected chi connectivity index (χ2v) is 8.21. The first kappa shape index (κ1) is 20.3. The van der Waals surface area contributed by atoms with Crippen LogP contribution in [0, 0.1) is 17.1 Å². The van der Waals surface area contributed by atoms with E-state index < -0.39 is 0 Å². The summed E-state index contributed by atoms with van der Waals surface area (Å²) in [5.41, 5.74) is 4.42. The number of hydrogen-bond donors (Lipinski definition) is 1. The van der Waals surface area contributed by atoms with E-state index in [1.54, 1.807) is 18.2 Å². The molecule has 0 unspecified atom stereocenters. The van der Waals surface area contributed by atoms with E-state index in [1.165, 1.54) is 12.1 Å². The number of nitrogens with zero attached hydrogens (tertiary/aromatic N) is 3. The number of aromatic amines is 1. The molecule has 7 heteroatoms. The van der Waals surface area contributed by atoms with Crippen LogP contribution in [0.1, 0.15) is 17.0 Å². The van der Waals surface area contributed by atoms with Crippen LogP contribution in [0.5, 0.6) is 0 Å². The number of nitrogens with one attached hydrogen (secondary N) is 1. The summed E-state index contributed by atoms with van der Waals surface area (Å²) in [4.78, 5) is 7.48. The van der Waals surface area contributed by atoms with Crippen LogP contribution < -0.4 is 0 Å². The van der Waals surface area contributed by atoms with Gasteiger partial charge in [-0.15, -0.1) is 0 Å². The minimum atomic E-state index is -0.361. The van der Waals surface area contributed by atoms with E-state index in [0.717, 1.165) is 22.0 Å². The van der Waals surface area contributed by atoms with Crippen molar-refractivity contribution < 1.29 is 4.39 Å². The van der Waals surface area contributed by atoms with E-state index >= 15 is 0 Å². The third-order valence-electron chi connectivity index (χ3n) is 5.28. The molecule has 0 saturated heterocycles. The minimum absolute atomic E-state index is 0.360. The van der Waals surface area contributed by atoms with Gasteiger partial charge in [-0.25, -0.2) is 9.37 Å². The molecule has 0 aliphatic rings. The Labute approximate surface area is 193 Å². The number of aromatic nitrogens is 3. The predicted molar refractivity (Wildman–Crippen MR) is 127 cm³/mol. The Morgan fingerprint density at radius 1 is 1.09 bits per heavy atom. The summed E-state index contributed by atoms with van der Waals surface area (Å²) in [7, 11) is 0. The van der Waals surface area contributed by atoms with Crippen molar-refractivity contribution in [1.82, 2.24) is 14.5 Å². The lowest BCUT2D eigenvalue weighted by Gasteiger charge is -2.06. The van der Waals surface area contributed by atoms with Crippen LogP contribution in [0.25, 0.3) is 33.6 Å². The van der Waals surface area contributed by atoms with Crippen molar-refractivity contribution in [3.8, 4) is 6.07 Å². The van der Waals surface area contributed by atoms with Gasteiger partial charge < -0.3 is 9.55 Å². The fourth-order valence-electron chi connectivity index (χ4n) is 3.77. The topological polar surface area (TPSA) is 57.4 Å². The largest absolute Gasteiger partial charge is 0.342 e. The first-order valence-electron chi connectivity index (χ1n) is 9.81. The number of nitriles is 1. The van der Waals surface area contributed by atoms with Gasteiger partial charge in [0, 0.05) is 29.2 Å². The van der Waals surface area contributed by atoms with Gasteiger partial charge in [0.2, 0.25) is 0 Å². The molecule has 2 aromatic heterocycles. The predicted octanol–water partition coefficient (Wildman–Crippen LogP) is 7.08. The lowest BCUT2D eigenvalue weighted by molar-refractivity contribution is 0.629. The summed E-state index contributed by atoms with van der Waals surface area (Å²) in [5.74, 6) is 0.0370. The summed E-state index contributed by atoms with van der Waals surface area (Å²) in [6.45, 7) is 0.594. The normalized spacial score (nSPS) is 11.9. The van der Waals surface area contributed by atoms with Gasteiger partial charge >= 0.3 is 0 Å². The number of imidazole rings is 1. The van der Waals surface area contributed by atoms with E-state index in [2.05, 4.69) is 20.6 Å². The molecule has 2 heterocycles. The molecule has 3 aromatic carbocycles. The Morgan fingerprint density at radius 3 is 2.75 bits per heavy atom. The monoisotopic (exact) mass is 460 g/mol. The maximum atomic E-state index is 13.5. The summed E-state index contributed by atoms with van der Waals surface area (Å²) in [5, 5.41) is 11.8. The zero-order valence-corrected chi connectivity index (χ0v) is 18.1. The SMILES string of the molecule is N#C/C(=C/c1cn(Cc2ccc(Cl)c(Cl)c2)c2ccccc12)c1nc2ccc(F)cc2[nH]1. The molecule has 0 atom stereocenters. The first-order chi connectivity index (χ1) is 15.5. The average molecular weight is 461 g/mol. The van der Waals surface area contributed by atoms with Gasteiger partial charge in [0.15, 0.2) is 0 Å². The molecule has 1 N–H and O–H groups in total. The number of rotatable bonds is 4. The Bertz CT molecular complexity index is 1560. The fourth-order valence-corrected chi connectivity index (χ4v) is 4.09. The quantitative estimate of drug-likeness (QED) is 0.291. The van der Waals surface area contributed by atoms with Crippen LogP contribution in [0.15, 0.2) is 66.9 Å². The highest BCUT2D eigenvalue weighted by molar-refractivity contribution is 6.42. The van der Waals surface area contributed by atoms with Crippen molar-refractivity contribution in [3.63, 3.8) is 0 Å². The average Bonchev–Trinajstić information content (AvgIpc) is 3.36. The molecule has 4 nitrogen and oxygen atoms in total. The summed E-state index contributed by atoms with van der Waals surface area (Å²) in [6, 6.07) is 20.0. The standard InChI is InChI=1S/C25H15Cl2FN4/c26-20-7-5-15(9-21(20)27)13-32-14-17(19-3-1-2-4-24(19)32)10-16(12-29)25-30-22-8-6-18(28)11-23(22)31-25/h1-11,14H,13H2,(H,30,31)/b16-10-. The highest BCUT2D eigenvalue weighted by Crippen LogP contribution is 2.28. The number of fused-ring (bicyclic) bond motifs is 2. The van der Waals surface area contributed by atoms with Gasteiger partial charge in [-0.2, -0.15) is 5.26 Å². The van der Waals surface area contributed by atoms with Crippen molar-refractivity contribution in [2.75, 3.05) is 0 Å². The lowest BCUT2D eigenvalue weighted by Crippen LogP contribution is -1.97. The molecular formula is C25H15Cl2FN4. The molecule has 0 saturated carbocycles. The number of hydrogen-bond acceptors (Lipinski definition) is 2. The smallest absolute Gasteiger partial charge is 0.149 e. The minimum Gasteiger partial charge on any atom is -0.342 e. The molecule has 5 rings (SSSR count). The summed E-state index contributed by atoms with van der Waals surface area (Å²) >= 11 is 12.2. The van der Waals surface area contributed by atoms with E-state index in [4.69, 9.17) is 23.2 Å². The third-order valence-corrected chi connectivity index (χ3v) is 6.01. The first-order valence-corrected chi connectivity index (χ1v) is 10.6. The van der Waals surface area contributed by atoms with Crippen molar-refractivity contribution in [2.24, 2.45) is 0 Å². The summed E-state index contributed by atoms with van der Waals surface area (Å²) in [6.07, 6.45) is 3.79. The van der Waals surface area contributed by atoms with Crippen molar-refractivity contribution >= 4 is 56.8 Å². The molecule has 0 aliphatic heterocycles. The van der Waals surface area contributed by atoms with Gasteiger partial charge in [-0.3, -0.25) is 0 Å². The molecule has 0 fully saturated rings. The van der Waals surface area contributed by atoms with Crippen LogP contribution >= 0.6 is 23.2 Å². The van der Waals surface area contributed by atoms with Gasteiger partial charge in [-0.05, 0) is 48.0 Å². The Hall–Kier alpha value is -3.59. The molecule has 32 heavy (non-hydrogen) atoms. The zero-order valence-electron chi connectivity index (χ0n) is 16.6. The molecule has 0 amide bonds. The zero-order chi connectivity index (χ0) is 22.2. The van der Waals surface area contributed by atoms with Crippen LogP contribution in [-0.2, 0) is 6.54 Å². The van der Waals surface area contributed by atoms with Crippen molar-refractivity contribution in [2.45, 2.75) is 6.54 Å². The fraction of sp³-hybridized carbons (Fsp3) is 0.0400. The Morgan fingerprint density at radius 2 is 1.94 bits per heavy atom. The molecule has 0 aliphatic carbocycles. The van der Waals surface area contributed by atoms with E-state index in [9.17, 15) is 9.65 Å². The van der Waals surface area contributed by atoms with Gasteiger partial charge in [0.05, 0.1) is 26.7 Å². The van der Waals surface area contributed by atoms with E-state index in [-0.39, 0.29) is 5.82 Å². The third kappa shape index (κ3) is 3.75.